The number of ether oxygens (including phenoxy) is 1. The molecule has 0 bridgehead atoms. The van der Waals surface area contributed by atoms with Gasteiger partial charge in [-0.1, -0.05) is 6.07 Å². The van der Waals surface area contributed by atoms with Crippen molar-refractivity contribution in [3.8, 4) is 5.75 Å². The number of aromatic amines is 1. The lowest BCUT2D eigenvalue weighted by Gasteiger charge is -2.36. The lowest BCUT2D eigenvalue weighted by atomic mass is 9.89. The lowest BCUT2D eigenvalue weighted by molar-refractivity contribution is -0.127. The molecule has 1 aliphatic heterocycles. The fourth-order valence-corrected chi connectivity index (χ4v) is 4.15. The molecule has 1 amide bonds. The normalized spacial score (nSPS) is 19.1. The molecule has 3 aromatic rings. The maximum atomic E-state index is 13.5. The van der Waals surface area contributed by atoms with E-state index in [2.05, 4.69) is 25.2 Å². The number of piperidine rings is 1. The number of halogens is 1. The van der Waals surface area contributed by atoms with E-state index in [1.807, 2.05) is 17.8 Å². The van der Waals surface area contributed by atoms with Crippen LogP contribution in [-0.2, 0) is 24.8 Å². The third-order valence-corrected chi connectivity index (χ3v) is 5.80. The molecule has 4 rings (SSSR count). The van der Waals surface area contributed by atoms with E-state index in [0.29, 0.717) is 38.4 Å². The zero-order valence-electron chi connectivity index (χ0n) is 18.2. The van der Waals surface area contributed by atoms with Crippen molar-refractivity contribution >= 4 is 5.91 Å². The van der Waals surface area contributed by atoms with E-state index in [1.165, 1.54) is 12.1 Å². The van der Waals surface area contributed by atoms with Gasteiger partial charge >= 0.3 is 0 Å². The Bertz CT molecular complexity index is 1010. The van der Waals surface area contributed by atoms with E-state index in [-0.39, 0.29) is 23.6 Å². The molecular weight excluding hydrogens is 411 g/mol. The molecule has 1 fully saturated rings. The number of carbonyl (C=O) groups is 1. The summed E-state index contributed by atoms with van der Waals surface area (Å²) in [5, 5.41) is 3.06. The van der Waals surface area contributed by atoms with Crippen molar-refractivity contribution < 1.29 is 13.9 Å². The van der Waals surface area contributed by atoms with Gasteiger partial charge in [-0.05, 0) is 18.6 Å². The minimum atomic E-state index is -0.322. The topological polar surface area (TPSA) is 88.1 Å². The number of hydrogen-bond acceptors (Lipinski definition) is 5. The molecule has 0 unspecified atom stereocenters. The minimum Gasteiger partial charge on any atom is -0.493 e. The number of carbonyl (C=O) groups excluding carboxylic acids is 1. The number of rotatable bonds is 9. The predicted molar refractivity (Wildman–Crippen MR) is 117 cm³/mol. The molecule has 1 saturated heterocycles. The summed E-state index contributed by atoms with van der Waals surface area (Å²) in [6, 6.07) is 6.16. The van der Waals surface area contributed by atoms with Gasteiger partial charge in [-0.3, -0.25) is 9.69 Å². The number of aromatic nitrogens is 4. The third-order valence-electron chi connectivity index (χ3n) is 5.80. The van der Waals surface area contributed by atoms with Crippen molar-refractivity contribution in [3.05, 3.63) is 66.5 Å². The number of nitrogens with zero attached hydrogens (tertiary/aromatic N) is 4. The Kier molecular flexibility index (Phi) is 7.16. The molecule has 0 radical (unpaired) electrons. The highest BCUT2D eigenvalue weighted by Crippen LogP contribution is 2.25. The second-order valence-corrected chi connectivity index (χ2v) is 8.33. The summed E-state index contributed by atoms with van der Waals surface area (Å²) in [6.07, 6.45) is 8.54. The largest absolute Gasteiger partial charge is 0.493 e. The van der Waals surface area contributed by atoms with Crippen molar-refractivity contribution in [1.82, 2.24) is 29.7 Å². The van der Waals surface area contributed by atoms with E-state index in [0.717, 1.165) is 24.5 Å². The van der Waals surface area contributed by atoms with E-state index in [1.54, 1.807) is 30.9 Å². The molecule has 3 heterocycles. The second kappa shape index (κ2) is 10.4. The zero-order valence-corrected chi connectivity index (χ0v) is 18.2. The first kappa shape index (κ1) is 22.0. The van der Waals surface area contributed by atoms with E-state index >= 15 is 0 Å². The third kappa shape index (κ3) is 5.94. The van der Waals surface area contributed by atoms with Crippen molar-refractivity contribution in [1.29, 1.82) is 0 Å². The van der Waals surface area contributed by atoms with Gasteiger partial charge in [0.2, 0.25) is 5.91 Å². The number of hydrogen-bond donors (Lipinski definition) is 2. The van der Waals surface area contributed by atoms with Gasteiger partial charge in [-0.2, -0.15) is 0 Å². The standard InChI is InChI=1S/C23H29FN6O2/c1-29-8-7-26-22(29)14-30-12-17(15-32-21-4-2-3-19(24)10-21)9-18(13-30)23(31)27-6-5-20-11-25-16-28-20/h2-4,7-8,10-11,16-18H,5-6,9,12-15H2,1H3,(H,25,28)(H,27,31)/t17-,18+/m0/s1. The van der Waals surface area contributed by atoms with Gasteiger partial charge in [0.1, 0.15) is 17.4 Å². The smallest absolute Gasteiger partial charge is 0.224 e. The van der Waals surface area contributed by atoms with Gasteiger partial charge in [0.05, 0.1) is 25.4 Å². The maximum absolute atomic E-state index is 13.5. The average molecular weight is 441 g/mol. The number of imidazole rings is 2. The van der Waals surface area contributed by atoms with Crippen LogP contribution in [0.4, 0.5) is 4.39 Å². The van der Waals surface area contributed by atoms with Crippen molar-refractivity contribution in [2.75, 3.05) is 26.2 Å². The first-order valence-corrected chi connectivity index (χ1v) is 10.9. The number of aryl methyl sites for hydroxylation is 1. The molecule has 1 aromatic carbocycles. The molecular formula is C23H29FN6O2. The Balaban J connectivity index is 1.37. The van der Waals surface area contributed by atoms with E-state index < -0.39 is 0 Å². The van der Waals surface area contributed by atoms with Gasteiger partial charge in [-0.15, -0.1) is 0 Å². The molecule has 9 heteroatoms. The number of nitrogens with one attached hydrogen (secondary N) is 2. The van der Waals surface area contributed by atoms with Crippen LogP contribution in [0.2, 0.25) is 0 Å². The van der Waals surface area contributed by atoms with Gasteiger partial charge in [0.15, 0.2) is 0 Å². The molecule has 0 saturated carbocycles. The van der Waals surface area contributed by atoms with Gasteiger partial charge in [0, 0.05) is 69.4 Å². The number of H-pyrrole nitrogens is 1. The first-order valence-electron chi connectivity index (χ1n) is 10.9. The van der Waals surface area contributed by atoms with Crippen LogP contribution in [0, 0.1) is 17.7 Å². The van der Waals surface area contributed by atoms with E-state index in [4.69, 9.17) is 4.74 Å². The van der Waals surface area contributed by atoms with Crippen LogP contribution in [0.5, 0.6) is 5.75 Å². The van der Waals surface area contributed by atoms with Crippen molar-refractivity contribution in [2.45, 2.75) is 19.4 Å². The highest BCUT2D eigenvalue weighted by molar-refractivity contribution is 5.79. The minimum absolute atomic E-state index is 0.0461. The molecule has 170 valence electrons. The van der Waals surface area contributed by atoms with Crippen LogP contribution in [-0.4, -0.2) is 56.6 Å². The Morgan fingerprint density at radius 2 is 2.28 bits per heavy atom. The van der Waals surface area contributed by atoms with Crippen LogP contribution in [0.25, 0.3) is 0 Å². The summed E-state index contributed by atoms with van der Waals surface area (Å²) >= 11 is 0. The van der Waals surface area contributed by atoms with Gasteiger partial charge in [-0.25, -0.2) is 14.4 Å². The summed E-state index contributed by atoms with van der Waals surface area (Å²) in [7, 11) is 1.97. The fraction of sp³-hybridized carbons (Fsp3) is 0.435. The maximum Gasteiger partial charge on any atom is 0.224 e. The highest BCUT2D eigenvalue weighted by atomic mass is 19.1. The van der Waals surface area contributed by atoms with Crippen LogP contribution in [0.15, 0.2) is 49.2 Å². The highest BCUT2D eigenvalue weighted by Gasteiger charge is 2.32. The molecule has 2 aromatic heterocycles. The molecule has 2 atom stereocenters. The van der Waals surface area contributed by atoms with Crippen molar-refractivity contribution in [2.24, 2.45) is 18.9 Å². The van der Waals surface area contributed by atoms with Crippen LogP contribution in [0.1, 0.15) is 17.9 Å². The van der Waals surface area contributed by atoms with Crippen LogP contribution in [0.3, 0.4) is 0 Å². The summed E-state index contributed by atoms with van der Waals surface area (Å²) in [4.78, 5) is 26.7. The Labute approximate surface area is 186 Å². The quantitative estimate of drug-likeness (QED) is 0.532. The van der Waals surface area contributed by atoms with Gasteiger partial charge < -0.3 is 19.6 Å². The lowest BCUT2D eigenvalue weighted by Crippen LogP contribution is -2.47. The molecule has 8 nitrogen and oxygen atoms in total. The molecule has 2 N–H and O–H groups in total. The average Bonchev–Trinajstić information content (AvgIpc) is 3.44. The monoisotopic (exact) mass is 440 g/mol. The van der Waals surface area contributed by atoms with Crippen LogP contribution >= 0.6 is 0 Å². The Morgan fingerprint density at radius 3 is 3.03 bits per heavy atom. The Morgan fingerprint density at radius 1 is 1.38 bits per heavy atom. The summed E-state index contributed by atoms with van der Waals surface area (Å²) < 4.78 is 21.3. The second-order valence-electron chi connectivity index (χ2n) is 8.33. The molecule has 0 aliphatic carbocycles. The first-order chi connectivity index (χ1) is 15.6. The van der Waals surface area contributed by atoms with Crippen LogP contribution < -0.4 is 10.1 Å². The Hall–Kier alpha value is -3.20. The molecule has 1 aliphatic rings. The molecule has 32 heavy (non-hydrogen) atoms. The fourth-order valence-electron chi connectivity index (χ4n) is 4.15. The van der Waals surface area contributed by atoms with E-state index in [9.17, 15) is 9.18 Å². The number of benzene rings is 1. The predicted octanol–water partition coefficient (Wildman–Crippen LogP) is 2.16. The number of likely N-dealkylation sites (tertiary alicyclic amines) is 1. The summed E-state index contributed by atoms with van der Waals surface area (Å²) in [6.45, 7) is 3.11. The zero-order chi connectivity index (χ0) is 22.3. The molecule has 0 spiro atoms. The van der Waals surface area contributed by atoms with Gasteiger partial charge in [0.25, 0.3) is 0 Å². The number of amides is 1. The van der Waals surface area contributed by atoms with Crippen molar-refractivity contribution in [3.63, 3.8) is 0 Å². The SMILES string of the molecule is Cn1ccnc1CN1C[C@@H](COc2cccc(F)c2)C[C@@H](C(=O)NCCc2cnc[nH]2)C1. The summed E-state index contributed by atoms with van der Waals surface area (Å²) in [5.74, 6) is 1.19. The summed E-state index contributed by atoms with van der Waals surface area (Å²) in [5.41, 5.74) is 0.992.